The van der Waals surface area contributed by atoms with E-state index in [-0.39, 0.29) is 10.6 Å². The minimum absolute atomic E-state index is 0.0593. The Labute approximate surface area is 119 Å². The smallest absolute Gasteiger partial charge is 0.276 e. The number of nitro groups is 1. The van der Waals surface area contributed by atoms with Crippen molar-refractivity contribution in [1.82, 2.24) is 4.98 Å². The van der Waals surface area contributed by atoms with Crippen molar-refractivity contribution in [1.29, 1.82) is 0 Å². The maximum atomic E-state index is 10.9. The monoisotopic (exact) mass is 278 g/mol. The van der Waals surface area contributed by atoms with E-state index in [0.29, 0.717) is 23.6 Å². The van der Waals surface area contributed by atoms with Gasteiger partial charge in [0.25, 0.3) is 5.69 Å². The first-order valence-electron chi connectivity index (χ1n) is 7.10. The van der Waals surface area contributed by atoms with Gasteiger partial charge in [-0.1, -0.05) is 13.8 Å². The number of nitrogens with zero attached hydrogens (tertiary/aromatic N) is 2. The van der Waals surface area contributed by atoms with Crippen LogP contribution in [0.25, 0.3) is 0 Å². The van der Waals surface area contributed by atoms with Crippen molar-refractivity contribution in [2.75, 3.05) is 17.7 Å². The van der Waals surface area contributed by atoms with Crippen LogP contribution >= 0.6 is 0 Å². The number of hydrogen-bond donors (Lipinski definition) is 2. The Hall–Kier alpha value is -1.85. The highest BCUT2D eigenvalue weighted by Crippen LogP contribution is 2.31. The molecule has 6 nitrogen and oxygen atoms in total. The lowest BCUT2D eigenvalue weighted by atomic mass is 9.79. The van der Waals surface area contributed by atoms with Crippen LogP contribution in [0.15, 0.2) is 12.1 Å². The number of anilines is 2. The van der Waals surface area contributed by atoms with Crippen molar-refractivity contribution in [2.45, 2.75) is 39.2 Å². The molecular weight excluding hydrogens is 256 g/mol. The largest absolute Gasteiger partial charge is 0.373 e. The van der Waals surface area contributed by atoms with E-state index < -0.39 is 0 Å². The fourth-order valence-electron chi connectivity index (χ4n) is 2.71. The quantitative estimate of drug-likeness (QED) is 0.652. The predicted molar refractivity (Wildman–Crippen MR) is 80.0 cm³/mol. The standard InChI is InChI=1S/C14H22N4O2/c1-9-4-5-11(6-10(9)2)16-14-8-12(18(19)20)7-13(15-3)17-14/h7-11H,4-6H2,1-3H3,(H2,15,16,17). The molecule has 6 heteroatoms. The Morgan fingerprint density at radius 3 is 2.55 bits per heavy atom. The van der Waals surface area contributed by atoms with E-state index in [0.717, 1.165) is 18.8 Å². The zero-order valence-electron chi connectivity index (χ0n) is 12.2. The maximum absolute atomic E-state index is 10.9. The minimum atomic E-state index is -0.390. The lowest BCUT2D eigenvalue weighted by molar-refractivity contribution is -0.384. The Morgan fingerprint density at radius 1 is 1.25 bits per heavy atom. The second kappa shape index (κ2) is 6.07. The van der Waals surface area contributed by atoms with Crippen LogP contribution in [0, 0.1) is 22.0 Å². The van der Waals surface area contributed by atoms with Crippen LogP contribution in [0.3, 0.4) is 0 Å². The molecule has 1 fully saturated rings. The van der Waals surface area contributed by atoms with Gasteiger partial charge in [-0.25, -0.2) is 4.98 Å². The summed E-state index contributed by atoms with van der Waals surface area (Å²) in [4.78, 5) is 14.9. The fourth-order valence-corrected chi connectivity index (χ4v) is 2.71. The van der Waals surface area contributed by atoms with Crippen molar-refractivity contribution in [2.24, 2.45) is 11.8 Å². The van der Waals surface area contributed by atoms with Gasteiger partial charge in [-0.2, -0.15) is 0 Å². The SMILES string of the molecule is CNc1cc([N+](=O)[O-])cc(NC2CCC(C)C(C)C2)n1. The van der Waals surface area contributed by atoms with Crippen LogP contribution < -0.4 is 10.6 Å². The Balaban J connectivity index is 2.12. The van der Waals surface area contributed by atoms with Gasteiger partial charge in [0.2, 0.25) is 0 Å². The van der Waals surface area contributed by atoms with Crippen LogP contribution in [0.2, 0.25) is 0 Å². The van der Waals surface area contributed by atoms with Gasteiger partial charge in [0.1, 0.15) is 11.6 Å². The third-order valence-corrected chi connectivity index (χ3v) is 4.23. The van der Waals surface area contributed by atoms with Crippen molar-refractivity contribution >= 4 is 17.3 Å². The number of hydrogen-bond acceptors (Lipinski definition) is 5. The van der Waals surface area contributed by atoms with Gasteiger partial charge in [-0.15, -0.1) is 0 Å². The van der Waals surface area contributed by atoms with E-state index in [1.54, 1.807) is 7.05 Å². The van der Waals surface area contributed by atoms with Gasteiger partial charge in [-0.05, 0) is 31.1 Å². The summed E-state index contributed by atoms with van der Waals surface area (Å²) in [6, 6.07) is 3.29. The van der Waals surface area contributed by atoms with E-state index in [9.17, 15) is 10.1 Å². The average molecular weight is 278 g/mol. The highest BCUT2D eigenvalue weighted by molar-refractivity contribution is 5.54. The molecule has 0 saturated heterocycles. The first-order valence-corrected chi connectivity index (χ1v) is 7.10. The number of aromatic nitrogens is 1. The molecule has 2 rings (SSSR count). The third kappa shape index (κ3) is 3.37. The molecule has 1 saturated carbocycles. The molecule has 110 valence electrons. The molecule has 0 radical (unpaired) electrons. The van der Waals surface area contributed by atoms with Gasteiger partial charge in [0.15, 0.2) is 0 Å². The fraction of sp³-hybridized carbons (Fsp3) is 0.643. The second-order valence-corrected chi connectivity index (χ2v) is 5.71. The molecule has 0 bridgehead atoms. The summed E-state index contributed by atoms with van der Waals surface area (Å²) in [7, 11) is 1.71. The van der Waals surface area contributed by atoms with Crippen LogP contribution in [0.1, 0.15) is 33.1 Å². The van der Waals surface area contributed by atoms with E-state index in [1.807, 2.05) is 0 Å². The van der Waals surface area contributed by atoms with Gasteiger partial charge >= 0.3 is 0 Å². The summed E-state index contributed by atoms with van der Waals surface area (Å²) >= 11 is 0. The summed E-state index contributed by atoms with van der Waals surface area (Å²) < 4.78 is 0. The summed E-state index contributed by atoms with van der Waals surface area (Å²) in [6.07, 6.45) is 3.36. The summed E-state index contributed by atoms with van der Waals surface area (Å²) in [6.45, 7) is 4.55. The normalized spacial score (nSPS) is 26.1. The molecular formula is C14H22N4O2. The van der Waals surface area contributed by atoms with Gasteiger partial charge in [-0.3, -0.25) is 10.1 Å². The lowest BCUT2D eigenvalue weighted by Gasteiger charge is -2.32. The highest BCUT2D eigenvalue weighted by Gasteiger charge is 2.25. The molecule has 0 amide bonds. The van der Waals surface area contributed by atoms with Crippen molar-refractivity contribution in [3.8, 4) is 0 Å². The molecule has 2 N–H and O–H groups in total. The van der Waals surface area contributed by atoms with Gasteiger partial charge < -0.3 is 10.6 Å². The molecule has 1 aliphatic rings. The zero-order chi connectivity index (χ0) is 14.7. The maximum Gasteiger partial charge on any atom is 0.276 e. The van der Waals surface area contributed by atoms with E-state index in [2.05, 4.69) is 29.5 Å². The molecule has 1 aromatic heterocycles. The van der Waals surface area contributed by atoms with E-state index in [1.165, 1.54) is 18.6 Å². The first kappa shape index (κ1) is 14.6. The van der Waals surface area contributed by atoms with Crippen molar-refractivity contribution in [3.63, 3.8) is 0 Å². The molecule has 1 aromatic rings. The average Bonchev–Trinajstić information content (AvgIpc) is 2.42. The Bertz CT molecular complexity index is 492. The summed E-state index contributed by atoms with van der Waals surface area (Å²) in [5, 5.41) is 17.1. The molecule has 1 aliphatic carbocycles. The number of pyridine rings is 1. The molecule has 0 aliphatic heterocycles. The summed E-state index contributed by atoms with van der Waals surface area (Å²) in [5.74, 6) is 2.51. The Kier molecular flexibility index (Phi) is 4.42. The molecule has 3 atom stereocenters. The highest BCUT2D eigenvalue weighted by atomic mass is 16.6. The van der Waals surface area contributed by atoms with E-state index in [4.69, 9.17) is 0 Å². The number of rotatable bonds is 4. The topological polar surface area (TPSA) is 80.1 Å². The summed E-state index contributed by atoms with van der Waals surface area (Å²) in [5.41, 5.74) is 0.0593. The van der Waals surface area contributed by atoms with Crippen LogP contribution in [-0.4, -0.2) is 23.0 Å². The predicted octanol–water partition coefficient (Wildman–Crippen LogP) is 3.27. The molecule has 20 heavy (non-hydrogen) atoms. The zero-order valence-corrected chi connectivity index (χ0v) is 12.2. The second-order valence-electron chi connectivity index (χ2n) is 5.71. The molecule has 0 spiro atoms. The van der Waals surface area contributed by atoms with E-state index >= 15 is 0 Å². The van der Waals surface area contributed by atoms with Gasteiger partial charge in [0.05, 0.1) is 17.1 Å². The lowest BCUT2D eigenvalue weighted by Crippen LogP contribution is -2.30. The van der Waals surface area contributed by atoms with Gasteiger partial charge in [0, 0.05) is 13.1 Å². The molecule has 0 aromatic carbocycles. The first-order chi connectivity index (χ1) is 9.49. The molecule has 1 heterocycles. The minimum Gasteiger partial charge on any atom is -0.373 e. The Morgan fingerprint density at radius 2 is 1.95 bits per heavy atom. The van der Waals surface area contributed by atoms with Crippen LogP contribution in [0.5, 0.6) is 0 Å². The van der Waals surface area contributed by atoms with Crippen molar-refractivity contribution < 1.29 is 4.92 Å². The third-order valence-electron chi connectivity index (χ3n) is 4.23. The number of nitrogens with one attached hydrogen (secondary N) is 2. The van der Waals surface area contributed by atoms with Crippen LogP contribution in [0.4, 0.5) is 17.3 Å². The molecule has 3 unspecified atom stereocenters. The van der Waals surface area contributed by atoms with Crippen LogP contribution in [-0.2, 0) is 0 Å². The van der Waals surface area contributed by atoms with Crippen molar-refractivity contribution in [3.05, 3.63) is 22.2 Å².